The third-order valence-electron chi connectivity index (χ3n) is 1.88. The maximum atomic E-state index is 10.6. The van der Waals surface area contributed by atoms with Gasteiger partial charge in [0.05, 0.1) is 0 Å². The molecule has 0 amide bonds. The van der Waals surface area contributed by atoms with Crippen LogP contribution in [0.25, 0.3) is 0 Å². The van der Waals surface area contributed by atoms with E-state index in [0.29, 0.717) is 0 Å². The van der Waals surface area contributed by atoms with E-state index in [4.69, 9.17) is 5.26 Å². The van der Waals surface area contributed by atoms with Crippen LogP contribution in [0.1, 0.15) is 19.8 Å². The number of ether oxygens (including phenoxy) is 1. The predicted octanol–water partition coefficient (Wildman–Crippen LogP) is -0.0334. The summed E-state index contributed by atoms with van der Waals surface area (Å²) < 4.78 is 4.68. The molecular weight excluding hydrogens is 146 g/mol. The molecule has 1 rings (SSSR count). The molecule has 0 aromatic heterocycles. The largest absolute Gasteiger partial charge is 0.458 e. The second-order valence-electron chi connectivity index (χ2n) is 2.67. The molecule has 1 saturated heterocycles. The number of nitrogens with zero attached hydrogens (tertiary/aromatic N) is 1. The molecule has 4 heteroatoms. The number of cyclic esters (lactones) is 1. The van der Waals surface area contributed by atoms with Crippen molar-refractivity contribution in [2.45, 2.75) is 31.5 Å². The van der Waals surface area contributed by atoms with E-state index in [1.54, 1.807) is 6.07 Å². The lowest BCUT2D eigenvalue weighted by atomic mass is 9.91. The SMILES string of the molecule is C[C@H]1OC(=O)CC[C@@]1(O)C#N. The molecule has 2 atom stereocenters. The van der Waals surface area contributed by atoms with Crippen molar-refractivity contribution in [3.63, 3.8) is 0 Å². The molecule has 60 valence electrons. The van der Waals surface area contributed by atoms with E-state index >= 15 is 0 Å². The molecule has 11 heavy (non-hydrogen) atoms. The lowest BCUT2D eigenvalue weighted by Gasteiger charge is -2.30. The van der Waals surface area contributed by atoms with Gasteiger partial charge in [0.2, 0.25) is 0 Å². The Balaban J connectivity index is 2.73. The van der Waals surface area contributed by atoms with Crippen molar-refractivity contribution >= 4 is 5.97 Å². The summed E-state index contributed by atoms with van der Waals surface area (Å²) in [5, 5.41) is 17.9. The van der Waals surface area contributed by atoms with Gasteiger partial charge in [0.1, 0.15) is 12.2 Å². The van der Waals surface area contributed by atoms with Crippen molar-refractivity contribution in [3.8, 4) is 6.07 Å². The standard InChI is InChI=1S/C7H9NO3/c1-5-7(10,4-8)3-2-6(9)11-5/h5,10H,2-3H2,1H3/t5-,7-/m1/s1. The van der Waals surface area contributed by atoms with Crippen LogP contribution >= 0.6 is 0 Å². The summed E-state index contributed by atoms with van der Waals surface area (Å²) in [6.45, 7) is 1.51. The predicted molar refractivity (Wildman–Crippen MR) is 35.4 cm³/mol. The molecule has 0 aromatic carbocycles. The molecule has 4 nitrogen and oxygen atoms in total. The first kappa shape index (κ1) is 8.02. The molecular formula is C7H9NO3. The Bertz CT molecular complexity index is 220. The van der Waals surface area contributed by atoms with Crippen LogP contribution in [0.5, 0.6) is 0 Å². The molecule has 0 spiro atoms. The summed E-state index contributed by atoms with van der Waals surface area (Å²) in [5.41, 5.74) is -1.48. The molecule has 0 saturated carbocycles. The van der Waals surface area contributed by atoms with Crippen LogP contribution in [0.3, 0.4) is 0 Å². The number of hydrogen-bond acceptors (Lipinski definition) is 4. The third-order valence-corrected chi connectivity index (χ3v) is 1.88. The van der Waals surface area contributed by atoms with Crippen molar-refractivity contribution in [2.24, 2.45) is 0 Å². The van der Waals surface area contributed by atoms with Crippen LogP contribution in [0.2, 0.25) is 0 Å². The van der Waals surface area contributed by atoms with Gasteiger partial charge in [-0.1, -0.05) is 0 Å². The molecule has 1 aliphatic rings. The molecule has 1 fully saturated rings. The Kier molecular flexibility index (Phi) is 1.83. The van der Waals surface area contributed by atoms with Gasteiger partial charge in [-0.15, -0.1) is 0 Å². The van der Waals surface area contributed by atoms with E-state index in [2.05, 4.69) is 4.74 Å². The normalized spacial score (nSPS) is 37.5. The average molecular weight is 155 g/mol. The number of carbonyl (C=O) groups is 1. The number of esters is 1. The molecule has 0 unspecified atom stereocenters. The summed E-state index contributed by atoms with van der Waals surface area (Å²) in [5.74, 6) is -0.350. The molecule has 1 aliphatic heterocycles. The number of aliphatic hydroxyl groups is 1. The first-order valence-electron chi connectivity index (χ1n) is 3.41. The van der Waals surface area contributed by atoms with Gasteiger partial charge in [-0.2, -0.15) is 5.26 Å². The van der Waals surface area contributed by atoms with Crippen LogP contribution in [-0.2, 0) is 9.53 Å². The molecule has 0 bridgehead atoms. The lowest BCUT2D eigenvalue weighted by Crippen LogP contribution is -2.46. The summed E-state index contributed by atoms with van der Waals surface area (Å²) >= 11 is 0. The zero-order chi connectivity index (χ0) is 8.48. The number of carbonyl (C=O) groups excluding carboxylic acids is 1. The molecule has 1 N–H and O–H groups in total. The van der Waals surface area contributed by atoms with Gasteiger partial charge in [0.25, 0.3) is 0 Å². The monoisotopic (exact) mass is 155 g/mol. The number of nitriles is 1. The molecule has 0 aromatic rings. The van der Waals surface area contributed by atoms with Crippen molar-refractivity contribution in [2.75, 3.05) is 0 Å². The Morgan fingerprint density at radius 2 is 2.55 bits per heavy atom. The van der Waals surface area contributed by atoms with Gasteiger partial charge in [-0.05, 0) is 6.92 Å². The number of rotatable bonds is 0. The van der Waals surface area contributed by atoms with Gasteiger partial charge in [0, 0.05) is 12.8 Å². The highest BCUT2D eigenvalue weighted by Crippen LogP contribution is 2.24. The Labute approximate surface area is 64.4 Å². The average Bonchev–Trinajstić information content (AvgIpc) is 1.98. The Morgan fingerprint density at radius 3 is 3.00 bits per heavy atom. The van der Waals surface area contributed by atoms with E-state index in [1.807, 2.05) is 0 Å². The third kappa shape index (κ3) is 1.33. The minimum atomic E-state index is -1.48. The Morgan fingerprint density at radius 1 is 1.91 bits per heavy atom. The van der Waals surface area contributed by atoms with E-state index in [0.717, 1.165) is 0 Å². The minimum absolute atomic E-state index is 0.119. The summed E-state index contributed by atoms with van der Waals surface area (Å²) in [4.78, 5) is 10.6. The van der Waals surface area contributed by atoms with Gasteiger partial charge in [0.15, 0.2) is 5.60 Å². The first-order chi connectivity index (χ1) is 5.08. The van der Waals surface area contributed by atoms with Crippen molar-refractivity contribution in [1.29, 1.82) is 5.26 Å². The van der Waals surface area contributed by atoms with Crippen LogP contribution in [0, 0.1) is 11.3 Å². The topological polar surface area (TPSA) is 70.3 Å². The van der Waals surface area contributed by atoms with E-state index in [9.17, 15) is 9.90 Å². The van der Waals surface area contributed by atoms with Crippen molar-refractivity contribution in [1.82, 2.24) is 0 Å². The fourth-order valence-electron chi connectivity index (χ4n) is 0.996. The highest BCUT2D eigenvalue weighted by Gasteiger charge is 2.40. The molecule has 0 radical (unpaired) electrons. The fourth-order valence-corrected chi connectivity index (χ4v) is 0.996. The fraction of sp³-hybridized carbons (Fsp3) is 0.714. The van der Waals surface area contributed by atoms with E-state index in [1.165, 1.54) is 6.92 Å². The summed E-state index contributed by atoms with van der Waals surface area (Å²) in [6, 6.07) is 1.73. The van der Waals surface area contributed by atoms with Gasteiger partial charge >= 0.3 is 5.97 Å². The minimum Gasteiger partial charge on any atom is -0.458 e. The summed E-state index contributed by atoms with van der Waals surface area (Å²) in [6.07, 6.45) is -0.425. The molecule has 0 aliphatic carbocycles. The smallest absolute Gasteiger partial charge is 0.306 e. The highest BCUT2D eigenvalue weighted by molar-refractivity contribution is 5.71. The van der Waals surface area contributed by atoms with Crippen LogP contribution in [-0.4, -0.2) is 22.8 Å². The van der Waals surface area contributed by atoms with Crippen molar-refractivity contribution < 1.29 is 14.6 Å². The highest BCUT2D eigenvalue weighted by atomic mass is 16.6. The Hall–Kier alpha value is -1.08. The van der Waals surface area contributed by atoms with Gasteiger partial charge in [-0.25, -0.2) is 0 Å². The van der Waals surface area contributed by atoms with E-state index in [-0.39, 0.29) is 18.8 Å². The maximum Gasteiger partial charge on any atom is 0.306 e. The van der Waals surface area contributed by atoms with Crippen molar-refractivity contribution in [3.05, 3.63) is 0 Å². The maximum absolute atomic E-state index is 10.6. The second kappa shape index (κ2) is 2.51. The zero-order valence-electron chi connectivity index (χ0n) is 6.20. The lowest BCUT2D eigenvalue weighted by molar-refractivity contribution is -0.169. The van der Waals surface area contributed by atoms with Gasteiger partial charge < -0.3 is 9.84 Å². The summed E-state index contributed by atoms with van der Waals surface area (Å²) in [7, 11) is 0. The van der Waals surface area contributed by atoms with E-state index < -0.39 is 11.7 Å². The van der Waals surface area contributed by atoms with Gasteiger partial charge in [-0.3, -0.25) is 4.79 Å². The van der Waals surface area contributed by atoms with Crippen LogP contribution in [0.15, 0.2) is 0 Å². The second-order valence-corrected chi connectivity index (χ2v) is 2.67. The van der Waals surface area contributed by atoms with Crippen LogP contribution in [0.4, 0.5) is 0 Å². The van der Waals surface area contributed by atoms with Crippen LogP contribution < -0.4 is 0 Å². The first-order valence-corrected chi connectivity index (χ1v) is 3.41. The zero-order valence-corrected chi connectivity index (χ0v) is 6.20. The molecule has 1 heterocycles. The number of hydrogen-bond donors (Lipinski definition) is 1. The quantitative estimate of drug-likeness (QED) is 0.394.